The SMILES string of the molecule is Cc1nc(OCc2cccc(-c3ccccc3)c2C)ncc1CN1CCCCC1C(=O)O. The highest BCUT2D eigenvalue weighted by Gasteiger charge is 2.28. The first-order chi connectivity index (χ1) is 15.5. The number of aryl methyl sites for hydroxylation is 1. The fraction of sp³-hybridized carbons (Fsp3) is 0.346. The van der Waals surface area contributed by atoms with Crippen molar-refractivity contribution in [2.75, 3.05) is 6.54 Å². The summed E-state index contributed by atoms with van der Waals surface area (Å²) in [5, 5.41) is 9.50. The van der Waals surface area contributed by atoms with E-state index in [1.165, 1.54) is 16.7 Å². The van der Waals surface area contributed by atoms with Gasteiger partial charge in [0.1, 0.15) is 12.6 Å². The number of hydrogen-bond acceptors (Lipinski definition) is 5. The molecule has 1 unspecified atom stereocenters. The van der Waals surface area contributed by atoms with Crippen LogP contribution in [0.25, 0.3) is 11.1 Å². The summed E-state index contributed by atoms with van der Waals surface area (Å²) in [6, 6.07) is 16.4. The normalized spacial score (nSPS) is 16.6. The Morgan fingerprint density at radius 2 is 1.91 bits per heavy atom. The van der Waals surface area contributed by atoms with Crippen LogP contribution in [0, 0.1) is 13.8 Å². The topological polar surface area (TPSA) is 75.6 Å². The van der Waals surface area contributed by atoms with E-state index in [0.29, 0.717) is 25.6 Å². The van der Waals surface area contributed by atoms with E-state index in [1.54, 1.807) is 6.20 Å². The summed E-state index contributed by atoms with van der Waals surface area (Å²) in [6.07, 6.45) is 4.43. The Bertz CT molecular complexity index is 1080. The van der Waals surface area contributed by atoms with E-state index < -0.39 is 12.0 Å². The van der Waals surface area contributed by atoms with Crippen molar-refractivity contribution >= 4 is 5.97 Å². The zero-order valence-corrected chi connectivity index (χ0v) is 18.6. The Labute approximate surface area is 188 Å². The molecular formula is C26H29N3O3. The lowest BCUT2D eigenvalue weighted by Gasteiger charge is -2.32. The number of likely N-dealkylation sites (tertiary alicyclic amines) is 1. The molecule has 3 aromatic rings. The van der Waals surface area contributed by atoms with Crippen molar-refractivity contribution in [2.45, 2.75) is 52.3 Å². The highest BCUT2D eigenvalue weighted by Crippen LogP contribution is 2.26. The van der Waals surface area contributed by atoms with Crippen molar-refractivity contribution in [3.63, 3.8) is 0 Å². The van der Waals surface area contributed by atoms with Gasteiger partial charge in [0, 0.05) is 24.0 Å². The predicted molar refractivity (Wildman–Crippen MR) is 123 cm³/mol. The molecule has 4 rings (SSSR count). The first-order valence-electron chi connectivity index (χ1n) is 11.1. The van der Waals surface area contributed by atoms with Gasteiger partial charge in [-0.1, -0.05) is 55.0 Å². The molecule has 0 aliphatic carbocycles. The lowest BCUT2D eigenvalue weighted by atomic mass is 9.97. The molecule has 1 fully saturated rings. The molecule has 2 aromatic carbocycles. The molecule has 2 heterocycles. The number of rotatable bonds is 7. The highest BCUT2D eigenvalue weighted by molar-refractivity contribution is 5.73. The maximum absolute atomic E-state index is 11.6. The van der Waals surface area contributed by atoms with Gasteiger partial charge in [0.15, 0.2) is 0 Å². The van der Waals surface area contributed by atoms with E-state index in [-0.39, 0.29) is 0 Å². The van der Waals surface area contributed by atoms with Crippen molar-refractivity contribution in [1.82, 2.24) is 14.9 Å². The van der Waals surface area contributed by atoms with E-state index in [1.807, 2.05) is 36.1 Å². The van der Waals surface area contributed by atoms with E-state index >= 15 is 0 Å². The minimum atomic E-state index is -0.753. The third-order valence-corrected chi connectivity index (χ3v) is 6.22. The molecule has 6 nitrogen and oxygen atoms in total. The van der Waals surface area contributed by atoms with Crippen molar-refractivity contribution < 1.29 is 14.6 Å². The molecule has 1 aliphatic rings. The summed E-state index contributed by atoms with van der Waals surface area (Å²) in [4.78, 5) is 22.5. The van der Waals surface area contributed by atoms with E-state index in [9.17, 15) is 9.90 Å². The predicted octanol–water partition coefficient (Wildman–Crippen LogP) is 4.78. The summed E-state index contributed by atoms with van der Waals surface area (Å²) in [5.74, 6) is -0.753. The minimum absolute atomic E-state index is 0.337. The Morgan fingerprint density at radius 1 is 1.09 bits per heavy atom. The van der Waals surface area contributed by atoms with Crippen LogP contribution in [0.2, 0.25) is 0 Å². The Kier molecular flexibility index (Phi) is 6.81. The van der Waals surface area contributed by atoms with E-state index in [4.69, 9.17) is 4.74 Å². The zero-order valence-electron chi connectivity index (χ0n) is 18.6. The number of piperidine rings is 1. The van der Waals surface area contributed by atoms with Gasteiger partial charge in [-0.2, -0.15) is 0 Å². The van der Waals surface area contributed by atoms with Crippen molar-refractivity contribution in [3.05, 3.63) is 77.1 Å². The standard InChI is InChI=1S/C26H29N3O3/c1-18-21(11-8-12-23(18)20-9-4-3-5-10-20)17-32-26-27-15-22(19(2)28-26)16-29-14-7-6-13-24(29)25(30)31/h3-5,8-12,15,24H,6-7,13-14,16-17H2,1-2H3,(H,30,31). The van der Waals surface area contributed by atoms with E-state index in [0.717, 1.165) is 36.2 Å². The molecule has 0 bridgehead atoms. The lowest BCUT2D eigenvalue weighted by Crippen LogP contribution is -2.44. The third kappa shape index (κ3) is 4.97. The number of aromatic nitrogens is 2. The number of carboxylic acid groups (broad SMARTS) is 1. The monoisotopic (exact) mass is 431 g/mol. The van der Waals surface area contributed by atoms with Crippen LogP contribution in [-0.4, -0.2) is 38.5 Å². The molecule has 0 amide bonds. The number of carbonyl (C=O) groups is 1. The van der Waals surface area contributed by atoms with Gasteiger partial charge in [-0.05, 0) is 55.5 Å². The molecular weight excluding hydrogens is 402 g/mol. The average molecular weight is 432 g/mol. The minimum Gasteiger partial charge on any atom is -0.480 e. The molecule has 6 heteroatoms. The van der Waals surface area contributed by atoms with Gasteiger partial charge in [-0.25, -0.2) is 9.97 Å². The molecule has 0 radical (unpaired) electrons. The van der Waals surface area contributed by atoms with Crippen molar-refractivity contribution in [3.8, 4) is 17.1 Å². The molecule has 1 aliphatic heterocycles. The smallest absolute Gasteiger partial charge is 0.320 e. The Morgan fingerprint density at radius 3 is 2.66 bits per heavy atom. The van der Waals surface area contributed by atoms with Crippen molar-refractivity contribution in [1.29, 1.82) is 0 Å². The molecule has 32 heavy (non-hydrogen) atoms. The second kappa shape index (κ2) is 9.92. The van der Waals surface area contributed by atoms with Gasteiger partial charge in [0.25, 0.3) is 0 Å². The van der Waals surface area contributed by atoms with Crippen molar-refractivity contribution in [2.24, 2.45) is 0 Å². The summed E-state index contributed by atoms with van der Waals surface area (Å²) in [5.41, 5.74) is 6.40. The van der Waals surface area contributed by atoms with Crippen LogP contribution in [0.3, 0.4) is 0 Å². The largest absolute Gasteiger partial charge is 0.480 e. The van der Waals surface area contributed by atoms with Crippen LogP contribution in [0.15, 0.2) is 54.7 Å². The second-order valence-electron chi connectivity index (χ2n) is 8.33. The van der Waals surface area contributed by atoms with Gasteiger partial charge in [-0.3, -0.25) is 9.69 Å². The van der Waals surface area contributed by atoms with Crippen LogP contribution in [0.4, 0.5) is 0 Å². The molecule has 1 N–H and O–H groups in total. The van der Waals surface area contributed by atoms with Crippen LogP contribution >= 0.6 is 0 Å². The van der Waals surface area contributed by atoms with Gasteiger partial charge in [0.2, 0.25) is 0 Å². The van der Waals surface area contributed by atoms with Crippen LogP contribution in [-0.2, 0) is 17.9 Å². The number of benzene rings is 2. The number of carboxylic acids is 1. The average Bonchev–Trinajstić information content (AvgIpc) is 2.81. The number of nitrogens with zero attached hydrogens (tertiary/aromatic N) is 3. The fourth-order valence-corrected chi connectivity index (χ4v) is 4.29. The zero-order chi connectivity index (χ0) is 22.5. The maximum Gasteiger partial charge on any atom is 0.320 e. The summed E-state index contributed by atoms with van der Waals surface area (Å²) < 4.78 is 5.92. The quantitative estimate of drug-likeness (QED) is 0.580. The highest BCUT2D eigenvalue weighted by atomic mass is 16.5. The molecule has 166 valence electrons. The maximum atomic E-state index is 11.6. The first kappa shape index (κ1) is 22.0. The molecule has 0 saturated carbocycles. The first-order valence-corrected chi connectivity index (χ1v) is 11.1. The number of ether oxygens (including phenoxy) is 1. The summed E-state index contributed by atoms with van der Waals surface area (Å²) in [7, 11) is 0. The van der Waals surface area contributed by atoms with Gasteiger partial charge in [-0.15, -0.1) is 0 Å². The molecule has 1 aromatic heterocycles. The molecule has 1 atom stereocenters. The number of hydrogen-bond donors (Lipinski definition) is 1. The van der Waals surface area contributed by atoms with Crippen LogP contribution < -0.4 is 4.74 Å². The lowest BCUT2D eigenvalue weighted by molar-refractivity contribution is -0.144. The fourth-order valence-electron chi connectivity index (χ4n) is 4.29. The van der Waals surface area contributed by atoms with Crippen LogP contribution in [0.1, 0.15) is 41.6 Å². The summed E-state index contributed by atoms with van der Waals surface area (Å²) in [6.45, 7) is 5.74. The Balaban J connectivity index is 1.44. The third-order valence-electron chi connectivity index (χ3n) is 6.22. The molecule has 1 saturated heterocycles. The van der Waals surface area contributed by atoms with Gasteiger partial charge < -0.3 is 9.84 Å². The second-order valence-corrected chi connectivity index (χ2v) is 8.33. The summed E-state index contributed by atoms with van der Waals surface area (Å²) >= 11 is 0. The van der Waals surface area contributed by atoms with E-state index in [2.05, 4.69) is 41.2 Å². The van der Waals surface area contributed by atoms with Crippen LogP contribution in [0.5, 0.6) is 6.01 Å². The Hall–Kier alpha value is -3.25. The molecule has 0 spiro atoms. The number of aliphatic carboxylic acids is 1. The van der Waals surface area contributed by atoms with Gasteiger partial charge >= 0.3 is 12.0 Å². The van der Waals surface area contributed by atoms with Gasteiger partial charge in [0.05, 0.1) is 0 Å².